The van der Waals surface area contributed by atoms with Gasteiger partial charge in [0.25, 0.3) is 0 Å². The Morgan fingerprint density at radius 3 is 2.28 bits per heavy atom. The van der Waals surface area contributed by atoms with Crippen molar-refractivity contribution in [1.29, 1.82) is 0 Å². The molecule has 4 fully saturated rings. The van der Waals surface area contributed by atoms with Gasteiger partial charge in [-0.3, -0.25) is 0 Å². The number of fused-ring (bicyclic) bond motifs is 5. The van der Waals surface area contributed by atoms with Gasteiger partial charge >= 0.3 is 0 Å². The minimum Gasteiger partial charge on any atom is -0.393 e. The first-order chi connectivity index (χ1) is 11.6. The van der Waals surface area contributed by atoms with E-state index in [0.29, 0.717) is 29.1 Å². The predicted octanol–water partition coefficient (Wildman–Crippen LogP) is 6.00. The fourth-order valence-corrected chi connectivity index (χ4v) is 8.16. The van der Waals surface area contributed by atoms with E-state index in [0.717, 1.165) is 37.5 Å². The summed E-state index contributed by atoms with van der Waals surface area (Å²) in [5, 5.41) is 10.7. The van der Waals surface area contributed by atoms with Crippen molar-refractivity contribution in [3.63, 3.8) is 0 Å². The van der Waals surface area contributed by atoms with Gasteiger partial charge in [-0.1, -0.05) is 27.7 Å². The van der Waals surface area contributed by atoms with E-state index in [1.54, 1.807) is 0 Å². The van der Waals surface area contributed by atoms with E-state index in [1.807, 2.05) is 6.92 Å². The summed E-state index contributed by atoms with van der Waals surface area (Å²) in [5.74, 6) is 4.13. The summed E-state index contributed by atoms with van der Waals surface area (Å²) < 4.78 is 14.9. The largest absolute Gasteiger partial charge is 0.393 e. The molecule has 0 radical (unpaired) electrons. The molecule has 9 atom stereocenters. The van der Waals surface area contributed by atoms with E-state index >= 15 is 0 Å². The summed E-state index contributed by atoms with van der Waals surface area (Å²) >= 11 is 0. The number of aliphatic hydroxyl groups excluding tert-OH is 1. The van der Waals surface area contributed by atoms with Crippen molar-refractivity contribution in [1.82, 2.24) is 0 Å². The second kappa shape index (κ2) is 5.69. The first-order valence-corrected chi connectivity index (χ1v) is 11.0. The number of alkyl halides is 1. The van der Waals surface area contributed by atoms with Crippen molar-refractivity contribution in [2.75, 3.05) is 0 Å². The van der Waals surface area contributed by atoms with Crippen molar-refractivity contribution >= 4 is 0 Å². The molecule has 0 aromatic heterocycles. The van der Waals surface area contributed by atoms with Crippen LogP contribution in [-0.4, -0.2) is 16.9 Å². The van der Waals surface area contributed by atoms with Crippen LogP contribution < -0.4 is 0 Å². The molecule has 4 aliphatic carbocycles. The highest BCUT2D eigenvalue weighted by Crippen LogP contribution is 2.69. The maximum atomic E-state index is 14.9. The summed E-state index contributed by atoms with van der Waals surface area (Å²) in [7, 11) is 0. The third kappa shape index (κ3) is 2.56. The molecule has 4 saturated carbocycles. The van der Waals surface area contributed by atoms with Crippen LogP contribution in [-0.2, 0) is 0 Å². The van der Waals surface area contributed by atoms with Gasteiger partial charge in [-0.15, -0.1) is 0 Å². The Kier molecular flexibility index (Phi) is 4.16. The van der Waals surface area contributed by atoms with E-state index in [-0.39, 0.29) is 11.5 Å². The standard InChI is InChI=1S/C23H39FO/c1-14(2)16-12-15-13-21(3,24)10-11-22(15,4)18-8-9-23(5)17(20(16)18)6-7-19(23)25/h14-20,25H,6-13H2,1-5H3/t15-,16-,17-,18-,19-,20-,21?,22-,23-/m0/s1. The first-order valence-electron chi connectivity index (χ1n) is 11.0. The van der Waals surface area contributed by atoms with E-state index in [1.165, 1.54) is 25.7 Å². The highest BCUT2D eigenvalue weighted by molar-refractivity contribution is 5.12. The third-order valence-electron chi connectivity index (χ3n) is 9.83. The number of hydrogen-bond acceptors (Lipinski definition) is 1. The van der Waals surface area contributed by atoms with Crippen molar-refractivity contribution < 1.29 is 9.50 Å². The summed E-state index contributed by atoms with van der Waals surface area (Å²) in [5.41, 5.74) is -0.484. The van der Waals surface area contributed by atoms with Gasteiger partial charge in [-0.25, -0.2) is 4.39 Å². The number of rotatable bonds is 1. The molecule has 0 aliphatic heterocycles. The maximum Gasteiger partial charge on any atom is 0.108 e. The summed E-state index contributed by atoms with van der Waals surface area (Å²) in [4.78, 5) is 0. The quantitative estimate of drug-likeness (QED) is 0.615. The molecule has 4 aliphatic rings. The Hall–Kier alpha value is -0.110. The lowest BCUT2D eigenvalue weighted by Gasteiger charge is -2.64. The van der Waals surface area contributed by atoms with Crippen molar-refractivity contribution in [3.05, 3.63) is 0 Å². The zero-order valence-electron chi connectivity index (χ0n) is 17.0. The van der Waals surface area contributed by atoms with Crippen molar-refractivity contribution in [2.24, 2.45) is 46.3 Å². The highest BCUT2D eigenvalue weighted by Gasteiger charge is 2.63. The summed E-state index contributed by atoms with van der Waals surface area (Å²) in [6.45, 7) is 11.5. The molecule has 0 aromatic rings. The second-order valence-corrected chi connectivity index (χ2v) is 11.4. The molecular formula is C23H39FO. The first kappa shape index (κ1) is 18.3. The lowest BCUT2D eigenvalue weighted by Crippen LogP contribution is -2.58. The minimum atomic E-state index is -0.953. The molecule has 1 N–H and O–H groups in total. The Labute approximate surface area is 154 Å². The third-order valence-corrected chi connectivity index (χ3v) is 9.83. The Bertz CT molecular complexity index is 528. The molecule has 2 heteroatoms. The predicted molar refractivity (Wildman–Crippen MR) is 101 cm³/mol. The fraction of sp³-hybridized carbons (Fsp3) is 1.00. The molecule has 0 aromatic carbocycles. The Balaban J connectivity index is 1.72. The van der Waals surface area contributed by atoms with Crippen LogP contribution in [0.4, 0.5) is 4.39 Å². The lowest BCUT2D eigenvalue weighted by atomic mass is 9.41. The van der Waals surface area contributed by atoms with Gasteiger partial charge in [-0.05, 0) is 105 Å². The second-order valence-electron chi connectivity index (χ2n) is 11.4. The van der Waals surface area contributed by atoms with Gasteiger partial charge in [0.05, 0.1) is 6.10 Å². The molecule has 25 heavy (non-hydrogen) atoms. The van der Waals surface area contributed by atoms with Crippen LogP contribution in [0.5, 0.6) is 0 Å². The van der Waals surface area contributed by atoms with Gasteiger partial charge in [0.1, 0.15) is 5.67 Å². The zero-order valence-corrected chi connectivity index (χ0v) is 17.0. The van der Waals surface area contributed by atoms with Crippen LogP contribution >= 0.6 is 0 Å². The van der Waals surface area contributed by atoms with Crippen LogP contribution in [0.2, 0.25) is 0 Å². The van der Waals surface area contributed by atoms with E-state index in [2.05, 4.69) is 27.7 Å². The van der Waals surface area contributed by atoms with E-state index in [9.17, 15) is 9.50 Å². The molecule has 0 amide bonds. The van der Waals surface area contributed by atoms with Crippen LogP contribution in [0.25, 0.3) is 0 Å². The van der Waals surface area contributed by atoms with Gasteiger partial charge < -0.3 is 5.11 Å². The van der Waals surface area contributed by atoms with Crippen LogP contribution in [0.3, 0.4) is 0 Å². The average Bonchev–Trinajstić information content (AvgIpc) is 2.83. The monoisotopic (exact) mass is 350 g/mol. The molecule has 4 rings (SSSR count). The summed E-state index contributed by atoms with van der Waals surface area (Å²) in [6.07, 6.45) is 8.37. The smallest absolute Gasteiger partial charge is 0.108 e. The van der Waals surface area contributed by atoms with Crippen LogP contribution in [0.1, 0.15) is 86.0 Å². The maximum absolute atomic E-state index is 14.9. The molecule has 0 spiro atoms. The average molecular weight is 351 g/mol. The number of aliphatic hydroxyl groups is 1. The van der Waals surface area contributed by atoms with Gasteiger partial charge in [0.15, 0.2) is 0 Å². The number of hydrogen-bond donors (Lipinski definition) is 1. The topological polar surface area (TPSA) is 20.2 Å². The van der Waals surface area contributed by atoms with Gasteiger partial charge in [0, 0.05) is 0 Å². The van der Waals surface area contributed by atoms with Crippen LogP contribution in [0, 0.1) is 46.3 Å². The Morgan fingerprint density at radius 2 is 1.60 bits per heavy atom. The molecule has 0 heterocycles. The lowest BCUT2D eigenvalue weighted by molar-refractivity contribution is -0.168. The Morgan fingerprint density at radius 1 is 0.920 bits per heavy atom. The van der Waals surface area contributed by atoms with Gasteiger partial charge in [0.2, 0.25) is 0 Å². The normalized spacial score (nSPS) is 58.6. The highest BCUT2D eigenvalue weighted by atomic mass is 19.1. The summed E-state index contributed by atoms with van der Waals surface area (Å²) in [6, 6.07) is 0. The van der Waals surface area contributed by atoms with Crippen molar-refractivity contribution in [3.8, 4) is 0 Å². The molecule has 0 bridgehead atoms. The fourth-order valence-electron chi connectivity index (χ4n) is 8.16. The molecule has 1 nitrogen and oxygen atoms in total. The molecular weight excluding hydrogens is 311 g/mol. The number of halogens is 1. The zero-order chi connectivity index (χ0) is 18.2. The molecule has 144 valence electrons. The van der Waals surface area contributed by atoms with Crippen LogP contribution in [0.15, 0.2) is 0 Å². The van der Waals surface area contributed by atoms with E-state index in [4.69, 9.17) is 0 Å². The van der Waals surface area contributed by atoms with Gasteiger partial charge in [-0.2, -0.15) is 0 Å². The molecule has 1 unspecified atom stereocenters. The SMILES string of the molecule is CC(C)[C@@H]1C[C@H]2CC(C)(F)CC[C@]2(C)[C@H]2CC[C@]3(C)[C@@H](O)CC[C@H]3[C@H]12. The minimum absolute atomic E-state index is 0.0997. The van der Waals surface area contributed by atoms with E-state index < -0.39 is 5.67 Å². The molecule has 0 saturated heterocycles. The van der Waals surface area contributed by atoms with Crippen molar-refractivity contribution in [2.45, 2.75) is 97.8 Å².